The number of ether oxygens (including phenoxy) is 3. The van der Waals surface area contributed by atoms with E-state index >= 15 is 0 Å². The smallest absolute Gasteiger partial charge is 0.306 e. The van der Waals surface area contributed by atoms with Gasteiger partial charge in [-0.2, -0.15) is 0 Å². The Labute approximate surface area is 169 Å². The highest BCUT2D eigenvalue weighted by Gasteiger charge is 2.47. The average Bonchev–Trinajstić information content (AvgIpc) is 3.44. The highest BCUT2D eigenvalue weighted by molar-refractivity contribution is 6.12. The summed E-state index contributed by atoms with van der Waals surface area (Å²) in [5, 5.41) is 0. The fourth-order valence-electron chi connectivity index (χ4n) is 5.08. The maximum Gasteiger partial charge on any atom is 0.306 e. The van der Waals surface area contributed by atoms with Crippen molar-refractivity contribution in [1.29, 1.82) is 0 Å². The number of carbonyl (C=O) groups is 2. The van der Waals surface area contributed by atoms with Crippen LogP contribution in [0.3, 0.4) is 0 Å². The Kier molecular flexibility index (Phi) is 4.37. The van der Waals surface area contributed by atoms with E-state index in [0.717, 1.165) is 46.2 Å². The molecule has 1 atom stereocenters. The van der Waals surface area contributed by atoms with Crippen LogP contribution >= 0.6 is 0 Å². The number of ketones is 1. The van der Waals surface area contributed by atoms with Crippen LogP contribution < -0.4 is 0 Å². The lowest BCUT2D eigenvalue weighted by molar-refractivity contribution is -0.163. The second-order valence-corrected chi connectivity index (χ2v) is 7.87. The van der Waals surface area contributed by atoms with Crippen molar-refractivity contribution in [2.24, 2.45) is 0 Å². The van der Waals surface area contributed by atoms with Crippen molar-refractivity contribution in [3.05, 3.63) is 57.5 Å². The predicted molar refractivity (Wildman–Crippen MR) is 103 cm³/mol. The molecule has 6 heteroatoms. The van der Waals surface area contributed by atoms with Gasteiger partial charge in [0.15, 0.2) is 11.5 Å². The molecule has 6 nitrogen and oxygen atoms in total. The Bertz CT molecular complexity index is 995. The fourth-order valence-corrected chi connectivity index (χ4v) is 5.08. The molecule has 1 aromatic heterocycles. The van der Waals surface area contributed by atoms with Crippen molar-refractivity contribution >= 4 is 11.8 Å². The van der Waals surface area contributed by atoms with Crippen LogP contribution in [0.15, 0.2) is 22.8 Å². The second-order valence-electron chi connectivity index (χ2n) is 7.87. The van der Waals surface area contributed by atoms with Crippen molar-refractivity contribution in [3.63, 3.8) is 0 Å². The molecule has 1 saturated heterocycles. The Hall–Kier alpha value is -2.44. The van der Waals surface area contributed by atoms with E-state index in [2.05, 4.69) is 13.0 Å². The molecule has 1 unspecified atom stereocenters. The van der Waals surface area contributed by atoms with Crippen LogP contribution in [0, 0.1) is 0 Å². The molecule has 1 aliphatic heterocycles. The van der Waals surface area contributed by atoms with Crippen LogP contribution in [0.4, 0.5) is 0 Å². The number of carbonyl (C=O) groups excluding carboxylic acids is 2. The summed E-state index contributed by atoms with van der Waals surface area (Å²) >= 11 is 0. The first-order valence-electron chi connectivity index (χ1n) is 10.3. The third-order valence-electron chi connectivity index (χ3n) is 6.36. The summed E-state index contributed by atoms with van der Waals surface area (Å²) < 4.78 is 22.6. The predicted octanol–water partition coefficient (Wildman–Crippen LogP) is 3.62. The van der Waals surface area contributed by atoms with E-state index in [9.17, 15) is 9.59 Å². The van der Waals surface area contributed by atoms with Gasteiger partial charge < -0.3 is 18.6 Å². The Morgan fingerprint density at radius 2 is 2.07 bits per heavy atom. The fraction of sp³-hybridized carbons (Fsp3) is 0.478. The first-order valence-corrected chi connectivity index (χ1v) is 10.3. The van der Waals surface area contributed by atoms with E-state index < -0.39 is 5.79 Å². The average molecular weight is 396 g/mol. The van der Waals surface area contributed by atoms with Gasteiger partial charge in [0.25, 0.3) is 0 Å². The summed E-state index contributed by atoms with van der Waals surface area (Å²) in [6, 6.07) is 4.08. The summed E-state index contributed by atoms with van der Waals surface area (Å²) in [5.74, 6) is -0.602. The molecule has 2 heterocycles. The van der Waals surface area contributed by atoms with Crippen molar-refractivity contribution in [1.82, 2.24) is 0 Å². The van der Waals surface area contributed by atoms with Gasteiger partial charge in [0.05, 0.1) is 26.1 Å². The molecule has 0 bridgehead atoms. The Balaban J connectivity index is 1.52. The standard InChI is InChI=1S/C23H24O6/c1-3-26-18(24)7-4-14-12-27-22-19(14)13(2)15-5-6-17-16(20(15)21(22)25)8-9-23(17)28-10-11-29-23/h5-6,12-13H,3-4,7-11H2,1-2H3. The van der Waals surface area contributed by atoms with Crippen LogP contribution in [0.5, 0.6) is 0 Å². The SMILES string of the molecule is CCOC(=O)CCc1coc2c1C(C)c1ccc3c(c1C2=O)CCC31OCCO1. The van der Waals surface area contributed by atoms with E-state index in [1.165, 1.54) is 0 Å². The lowest BCUT2D eigenvalue weighted by atomic mass is 9.77. The summed E-state index contributed by atoms with van der Waals surface area (Å²) in [6.07, 6.45) is 3.88. The molecule has 5 rings (SSSR count). The molecule has 0 saturated carbocycles. The van der Waals surface area contributed by atoms with Gasteiger partial charge in [-0.3, -0.25) is 9.59 Å². The monoisotopic (exact) mass is 396 g/mol. The second kappa shape index (κ2) is 6.82. The molecular weight excluding hydrogens is 372 g/mol. The zero-order valence-corrected chi connectivity index (χ0v) is 16.7. The molecule has 2 aromatic rings. The third kappa shape index (κ3) is 2.69. The summed E-state index contributed by atoms with van der Waals surface area (Å²) in [7, 11) is 0. The summed E-state index contributed by atoms with van der Waals surface area (Å²) in [5.41, 5.74) is 5.55. The van der Waals surface area contributed by atoms with Crippen molar-refractivity contribution < 1.29 is 28.2 Å². The number of fused-ring (bicyclic) bond motifs is 5. The van der Waals surface area contributed by atoms with Gasteiger partial charge in [-0.25, -0.2) is 0 Å². The van der Waals surface area contributed by atoms with Gasteiger partial charge in [-0.1, -0.05) is 19.1 Å². The quantitative estimate of drug-likeness (QED) is 0.735. The van der Waals surface area contributed by atoms with E-state index in [0.29, 0.717) is 32.0 Å². The van der Waals surface area contributed by atoms with Crippen LogP contribution in [-0.4, -0.2) is 31.6 Å². The molecule has 1 aromatic carbocycles. The highest BCUT2D eigenvalue weighted by atomic mass is 16.7. The third-order valence-corrected chi connectivity index (χ3v) is 6.36. The number of hydrogen-bond donors (Lipinski definition) is 0. The Morgan fingerprint density at radius 3 is 2.83 bits per heavy atom. The molecular formula is C23H24O6. The maximum absolute atomic E-state index is 13.4. The van der Waals surface area contributed by atoms with Crippen LogP contribution in [0.2, 0.25) is 0 Å². The normalized spacial score (nSPS) is 21.2. The first kappa shape index (κ1) is 18.6. The molecule has 1 fully saturated rings. The topological polar surface area (TPSA) is 75.0 Å². The van der Waals surface area contributed by atoms with Gasteiger partial charge in [0.2, 0.25) is 5.78 Å². The summed E-state index contributed by atoms with van der Waals surface area (Å²) in [6.45, 7) is 5.40. The molecule has 152 valence electrons. The maximum atomic E-state index is 13.4. The molecule has 1 spiro atoms. The van der Waals surface area contributed by atoms with Crippen LogP contribution in [-0.2, 0) is 37.6 Å². The number of furan rings is 1. The van der Waals surface area contributed by atoms with Crippen LogP contribution in [0.1, 0.15) is 76.5 Å². The van der Waals surface area contributed by atoms with Gasteiger partial charge in [0.1, 0.15) is 0 Å². The lowest BCUT2D eigenvalue weighted by Gasteiger charge is -2.27. The zero-order chi connectivity index (χ0) is 20.2. The lowest BCUT2D eigenvalue weighted by Crippen LogP contribution is -2.25. The zero-order valence-electron chi connectivity index (χ0n) is 16.7. The van der Waals surface area contributed by atoms with Crippen molar-refractivity contribution in [3.8, 4) is 0 Å². The molecule has 0 N–H and O–H groups in total. The van der Waals surface area contributed by atoms with E-state index in [-0.39, 0.29) is 24.1 Å². The Morgan fingerprint density at radius 1 is 1.28 bits per heavy atom. The summed E-state index contributed by atoms with van der Waals surface area (Å²) in [4.78, 5) is 25.2. The molecule has 0 radical (unpaired) electrons. The molecule has 2 aliphatic carbocycles. The minimum Gasteiger partial charge on any atom is -0.466 e. The molecule has 3 aliphatic rings. The number of esters is 1. The van der Waals surface area contributed by atoms with E-state index in [4.69, 9.17) is 18.6 Å². The first-order chi connectivity index (χ1) is 14.1. The number of hydrogen-bond acceptors (Lipinski definition) is 6. The number of benzene rings is 1. The largest absolute Gasteiger partial charge is 0.466 e. The van der Waals surface area contributed by atoms with Gasteiger partial charge >= 0.3 is 5.97 Å². The van der Waals surface area contributed by atoms with Gasteiger partial charge in [-0.05, 0) is 36.5 Å². The van der Waals surface area contributed by atoms with Gasteiger partial charge in [0, 0.05) is 35.4 Å². The van der Waals surface area contributed by atoms with Crippen LogP contribution in [0.25, 0.3) is 0 Å². The molecule has 29 heavy (non-hydrogen) atoms. The van der Waals surface area contributed by atoms with Crippen molar-refractivity contribution in [2.45, 2.75) is 51.2 Å². The van der Waals surface area contributed by atoms with Gasteiger partial charge in [-0.15, -0.1) is 0 Å². The van der Waals surface area contributed by atoms with Crippen molar-refractivity contribution in [2.75, 3.05) is 19.8 Å². The number of aryl methyl sites for hydroxylation is 1. The van der Waals surface area contributed by atoms with E-state index in [1.54, 1.807) is 13.2 Å². The highest BCUT2D eigenvalue weighted by Crippen LogP contribution is 2.49. The number of rotatable bonds is 4. The van der Waals surface area contributed by atoms with E-state index in [1.807, 2.05) is 6.07 Å². The minimum atomic E-state index is -0.692. The minimum absolute atomic E-state index is 0.0147. The molecule has 0 amide bonds.